The van der Waals surface area contributed by atoms with Crippen LogP contribution in [0, 0.1) is 17.0 Å². The van der Waals surface area contributed by atoms with Crippen LogP contribution in [-0.2, 0) is 20.0 Å². The van der Waals surface area contributed by atoms with Crippen molar-refractivity contribution in [3.63, 3.8) is 0 Å². The molecule has 2 atom stereocenters. The summed E-state index contributed by atoms with van der Waals surface area (Å²) in [5.74, 6) is 0.535. The minimum absolute atomic E-state index is 0.176. The van der Waals surface area contributed by atoms with Gasteiger partial charge in [-0.25, -0.2) is 13.4 Å². The Balaban J connectivity index is 1.65. The Morgan fingerprint density at radius 2 is 1.89 bits per heavy atom. The van der Waals surface area contributed by atoms with Gasteiger partial charge in [0, 0.05) is 6.26 Å². The highest BCUT2D eigenvalue weighted by Gasteiger charge is 2.63. The van der Waals surface area contributed by atoms with Crippen LogP contribution in [0.4, 0.5) is 9.52 Å². The molecule has 4 rings (SSSR count). The van der Waals surface area contributed by atoms with E-state index in [0.29, 0.717) is 5.92 Å². The first kappa shape index (κ1) is 19.5. The molecule has 2 aliphatic rings. The van der Waals surface area contributed by atoms with Crippen molar-refractivity contribution in [1.29, 1.82) is 0 Å². The number of rotatable bonds is 5. The number of hydrogen-bond donors (Lipinski definition) is 1. The fourth-order valence-corrected chi connectivity index (χ4v) is 5.81. The molecule has 0 bridgehead atoms. The minimum atomic E-state index is -3.30. The molecule has 2 fully saturated rings. The number of carbonyl (C=O) groups excluding carboxylic acids is 1. The van der Waals surface area contributed by atoms with Gasteiger partial charge in [0.2, 0.25) is 5.91 Å². The number of aromatic nitrogens is 1. The van der Waals surface area contributed by atoms with Gasteiger partial charge in [-0.15, -0.1) is 0 Å². The van der Waals surface area contributed by atoms with Gasteiger partial charge in [0.15, 0.2) is 20.1 Å². The van der Waals surface area contributed by atoms with Crippen molar-refractivity contribution in [3.8, 4) is 0 Å². The first-order valence-electron chi connectivity index (χ1n) is 9.54. The number of thiazole rings is 1. The molecule has 5 nitrogen and oxygen atoms in total. The van der Waals surface area contributed by atoms with E-state index in [1.165, 1.54) is 25.5 Å². The van der Waals surface area contributed by atoms with Gasteiger partial charge in [-0.2, -0.15) is 4.39 Å². The second-order valence-corrected chi connectivity index (χ2v) is 10.9. The Kier molecular flexibility index (Phi) is 5.03. The lowest BCUT2D eigenvalue weighted by Gasteiger charge is -2.25. The number of benzene rings is 1. The van der Waals surface area contributed by atoms with Gasteiger partial charge >= 0.3 is 0 Å². The summed E-state index contributed by atoms with van der Waals surface area (Å²) in [6, 6.07) is 6.64. The van der Waals surface area contributed by atoms with E-state index in [2.05, 4.69) is 10.3 Å². The summed E-state index contributed by atoms with van der Waals surface area (Å²) in [6.45, 7) is 0. The molecule has 0 spiro atoms. The summed E-state index contributed by atoms with van der Waals surface area (Å²) in [7, 11) is -3.30. The Morgan fingerprint density at radius 1 is 1.21 bits per heavy atom. The number of nitrogens with zero attached hydrogens (tertiary/aromatic N) is 1. The van der Waals surface area contributed by atoms with Gasteiger partial charge in [0.1, 0.15) is 0 Å². The fourth-order valence-electron chi connectivity index (χ4n) is 4.64. The van der Waals surface area contributed by atoms with E-state index >= 15 is 0 Å². The molecule has 0 radical (unpaired) electrons. The zero-order chi connectivity index (χ0) is 19.9. The van der Waals surface area contributed by atoms with E-state index < -0.39 is 20.4 Å². The van der Waals surface area contributed by atoms with Crippen molar-refractivity contribution in [1.82, 2.24) is 4.98 Å². The van der Waals surface area contributed by atoms with Gasteiger partial charge in [0.25, 0.3) is 0 Å². The highest BCUT2D eigenvalue weighted by atomic mass is 32.2. The third kappa shape index (κ3) is 3.59. The second kappa shape index (κ2) is 7.22. The number of halogens is 1. The summed E-state index contributed by atoms with van der Waals surface area (Å²) < 4.78 is 36.8. The van der Waals surface area contributed by atoms with Crippen molar-refractivity contribution in [2.24, 2.45) is 11.8 Å². The van der Waals surface area contributed by atoms with Crippen LogP contribution in [0.3, 0.4) is 0 Å². The molecule has 150 valence electrons. The number of carbonyl (C=O) groups is 1. The van der Waals surface area contributed by atoms with E-state index in [4.69, 9.17) is 0 Å². The topological polar surface area (TPSA) is 76.1 Å². The van der Waals surface area contributed by atoms with Crippen LogP contribution in [0.2, 0.25) is 0 Å². The molecule has 1 N–H and O–H groups in total. The van der Waals surface area contributed by atoms with Crippen LogP contribution in [0.5, 0.6) is 0 Å². The zero-order valence-electron chi connectivity index (χ0n) is 15.7. The molecule has 2 unspecified atom stereocenters. The highest BCUT2D eigenvalue weighted by Crippen LogP contribution is 2.61. The lowest BCUT2D eigenvalue weighted by Crippen LogP contribution is -2.32. The average molecular weight is 423 g/mol. The predicted octanol–water partition coefficient (Wildman–Crippen LogP) is 4.16. The van der Waals surface area contributed by atoms with Crippen molar-refractivity contribution in [2.75, 3.05) is 11.6 Å². The van der Waals surface area contributed by atoms with Crippen molar-refractivity contribution < 1.29 is 17.6 Å². The normalized spacial score (nSPS) is 25.4. The molecule has 2 aliphatic carbocycles. The summed E-state index contributed by atoms with van der Waals surface area (Å²) in [4.78, 5) is 17.4. The molecule has 28 heavy (non-hydrogen) atoms. The molecular formula is C20H23FN2O3S2. The van der Waals surface area contributed by atoms with Gasteiger partial charge in [0.05, 0.1) is 16.5 Å². The van der Waals surface area contributed by atoms with E-state index in [9.17, 15) is 17.6 Å². The monoisotopic (exact) mass is 422 g/mol. The smallest absolute Gasteiger partial charge is 0.237 e. The number of anilines is 1. The predicted molar refractivity (Wildman–Crippen MR) is 107 cm³/mol. The standard InChI is InChI=1S/C20H23FN2O3S2/c1-28(25,26)15-9-7-14(8-10-15)20(11-16(20)13-5-3-2-4-6-13)18(24)23-19-22-12-17(21)27-19/h7-10,12-13,16H,2-6,11H2,1H3,(H,22,23,24). The molecule has 0 saturated heterocycles. The van der Waals surface area contributed by atoms with E-state index in [-0.39, 0.29) is 21.9 Å². The molecular weight excluding hydrogens is 399 g/mol. The molecule has 1 aromatic heterocycles. The van der Waals surface area contributed by atoms with Crippen molar-refractivity contribution in [2.45, 2.75) is 48.8 Å². The van der Waals surface area contributed by atoms with Gasteiger partial charge in [-0.05, 0) is 36.0 Å². The fraction of sp³-hybridized carbons (Fsp3) is 0.500. The zero-order valence-corrected chi connectivity index (χ0v) is 17.3. The largest absolute Gasteiger partial charge is 0.301 e. The molecule has 1 heterocycles. The Morgan fingerprint density at radius 3 is 2.46 bits per heavy atom. The first-order valence-corrected chi connectivity index (χ1v) is 12.2. The van der Waals surface area contributed by atoms with Crippen LogP contribution in [-0.4, -0.2) is 25.6 Å². The van der Waals surface area contributed by atoms with E-state index in [1.807, 2.05) is 0 Å². The summed E-state index contributed by atoms with van der Waals surface area (Å²) in [5.41, 5.74) is 0.130. The van der Waals surface area contributed by atoms with Crippen LogP contribution >= 0.6 is 11.3 Å². The van der Waals surface area contributed by atoms with Crippen LogP contribution < -0.4 is 5.32 Å². The molecule has 1 aromatic carbocycles. The summed E-state index contributed by atoms with van der Waals surface area (Å²) in [5, 5.41) is 2.60. The van der Waals surface area contributed by atoms with Crippen LogP contribution in [0.1, 0.15) is 44.1 Å². The lowest BCUT2D eigenvalue weighted by molar-refractivity contribution is -0.119. The maximum Gasteiger partial charge on any atom is 0.237 e. The third-order valence-corrected chi connectivity index (χ3v) is 7.96. The number of amides is 1. The Labute approximate surface area is 168 Å². The Bertz CT molecular complexity index is 981. The SMILES string of the molecule is CS(=O)(=O)c1ccc(C2(C(=O)Nc3ncc(F)s3)CC2C2CCCCC2)cc1. The van der Waals surface area contributed by atoms with Gasteiger partial charge < -0.3 is 5.32 Å². The summed E-state index contributed by atoms with van der Waals surface area (Å²) in [6.07, 6.45) is 8.84. The summed E-state index contributed by atoms with van der Waals surface area (Å²) >= 11 is 0.809. The highest BCUT2D eigenvalue weighted by molar-refractivity contribution is 7.90. The number of hydrogen-bond acceptors (Lipinski definition) is 5. The maximum absolute atomic E-state index is 13.3. The number of nitrogens with one attached hydrogen (secondary N) is 1. The molecule has 0 aliphatic heterocycles. The minimum Gasteiger partial charge on any atom is -0.301 e. The van der Waals surface area contributed by atoms with Gasteiger partial charge in [-0.1, -0.05) is 55.6 Å². The Hall–Kier alpha value is -1.80. The first-order chi connectivity index (χ1) is 13.3. The quantitative estimate of drug-likeness (QED) is 0.785. The van der Waals surface area contributed by atoms with Gasteiger partial charge in [-0.3, -0.25) is 4.79 Å². The van der Waals surface area contributed by atoms with Crippen molar-refractivity contribution >= 4 is 32.2 Å². The second-order valence-electron chi connectivity index (χ2n) is 7.90. The lowest BCUT2D eigenvalue weighted by atomic mass is 9.80. The van der Waals surface area contributed by atoms with Crippen molar-refractivity contribution in [3.05, 3.63) is 41.2 Å². The van der Waals surface area contributed by atoms with Crippen LogP contribution in [0.25, 0.3) is 0 Å². The van der Waals surface area contributed by atoms with E-state index in [0.717, 1.165) is 42.4 Å². The molecule has 1 amide bonds. The van der Waals surface area contributed by atoms with E-state index in [1.54, 1.807) is 24.3 Å². The molecule has 2 aromatic rings. The molecule has 8 heteroatoms. The third-order valence-electron chi connectivity index (χ3n) is 6.13. The number of sulfone groups is 1. The average Bonchev–Trinajstić information content (AvgIpc) is 3.32. The molecule has 2 saturated carbocycles. The maximum atomic E-state index is 13.3. The van der Waals surface area contributed by atoms with Crippen LogP contribution in [0.15, 0.2) is 35.4 Å².